The normalized spacial score (nSPS) is 18.3. The van der Waals surface area contributed by atoms with Gasteiger partial charge < -0.3 is 19.9 Å². The Balaban J connectivity index is 1.51. The quantitative estimate of drug-likeness (QED) is 0.538. The largest absolute Gasteiger partial charge is 0.381 e. The molecule has 2 aliphatic rings. The van der Waals surface area contributed by atoms with Gasteiger partial charge >= 0.3 is 0 Å². The summed E-state index contributed by atoms with van der Waals surface area (Å²) in [6.45, 7) is 8.07. The summed E-state index contributed by atoms with van der Waals surface area (Å²) in [7, 11) is 2.12. The Hall–Kier alpha value is -2.08. The first-order valence-corrected chi connectivity index (χ1v) is 11.1. The van der Waals surface area contributed by atoms with E-state index in [1.807, 2.05) is 4.90 Å². The van der Waals surface area contributed by atoms with Crippen LogP contribution in [0.4, 0.5) is 0 Å². The van der Waals surface area contributed by atoms with Crippen molar-refractivity contribution in [2.45, 2.75) is 52.1 Å². The molecule has 0 saturated carbocycles. The number of nitrogens with zero attached hydrogens (tertiary/aromatic N) is 3. The van der Waals surface area contributed by atoms with Crippen molar-refractivity contribution >= 4 is 11.9 Å². The van der Waals surface area contributed by atoms with Crippen molar-refractivity contribution in [3.63, 3.8) is 0 Å². The van der Waals surface area contributed by atoms with Gasteiger partial charge in [0.2, 0.25) is 5.91 Å². The number of ether oxygens (including phenoxy) is 1. The number of guanidine groups is 1. The molecule has 6 nitrogen and oxygen atoms in total. The van der Waals surface area contributed by atoms with Crippen LogP contribution in [0.5, 0.6) is 0 Å². The maximum absolute atomic E-state index is 11.8. The highest BCUT2D eigenvalue weighted by atomic mass is 16.5. The zero-order chi connectivity index (χ0) is 20.5. The van der Waals surface area contributed by atoms with Gasteiger partial charge in [-0.25, -0.2) is 4.99 Å². The van der Waals surface area contributed by atoms with Gasteiger partial charge in [0.15, 0.2) is 5.96 Å². The molecule has 160 valence electrons. The molecule has 0 unspecified atom stereocenters. The van der Waals surface area contributed by atoms with Crippen molar-refractivity contribution < 1.29 is 9.53 Å². The predicted octanol–water partition coefficient (Wildman–Crippen LogP) is 3.02. The molecule has 2 heterocycles. The number of aliphatic imine (C=N–C) groups is 1. The Morgan fingerprint density at radius 1 is 1.24 bits per heavy atom. The first-order valence-electron chi connectivity index (χ1n) is 11.1. The van der Waals surface area contributed by atoms with E-state index in [-0.39, 0.29) is 5.91 Å². The lowest BCUT2D eigenvalue weighted by atomic mass is 9.96. The molecule has 0 bridgehead atoms. The Kier molecular flexibility index (Phi) is 8.35. The van der Waals surface area contributed by atoms with E-state index < -0.39 is 0 Å². The molecule has 6 heteroatoms. The molecule has 0 radical (unpaired) electrons. The van der Waals surface area contributed by atoms with E-state index in [2.05, 4.69) is 48.5 Å². The van der Waals surface area contributed by atoms with Gasteiger partial charge in [-0.3, -0.25) is 4.79 Å². The van der Waals surface area contributed by atoms with Gasteiger partial charge in [-0.2, -0.15) is 0 Å². The van der Waals surface area contributed by atoms with Crippen molar-refractivity contribution in [3.8, 4) is 0 Å². The first kappa shape index (κ1) is 21.6. The smallest absolute Gasteiger partial charge is 0.222 e. The van der Waals surface area contributed by atoms with Crippen molar-refractivity contribution in [2.24, 2.45) is 10.9 Å². The number of nitrogens with one attached hydrogen (secondary N) is 1. The molecule has 29 heavy (non-hydrogen) atoms. The van der Waals surface area contributed by atoms with E-state index in [9.17, 15) is 4.79 Å². The average molecular weight is 401 g/mol. The lowest BCUT2D eigenvalue weighted by Crippen LogP contribution is -2.40. The number of carbonyl (C=O) groups excluding carboxylic acids is 1. The van der Waals surface area contributed by atoms with Crippen LogP contribution in [-0.4, -0.2) is 61.6 Å². The monoisotopic (exact) mass is 400 g/mol. The predicted molar refractivity (Wildman–Crippen MR) is 117 cm³/mol. The summed E-state index contributed by atoms with van der Waals surface area (Å²) in [4.78, 5) is 20.8. The van der Waals surface area contributed by atoms with Crippen LogP contribution in [-0.2, 0) is 22.6 Å². The fourth-order valence-electron chi connectivity index (χ4n) is 3.99. The first-order chi connectivity index (χ1) is 14.2. The summed E-state index contributed by atoms with van der Waals surface area (Å²) < 4.78 is 5.46. The molecule has 1 amide bonds. The number of likely N-dealkylation sites (tertiary alicyclic amines) is 1. The third kappa shape index (κ3) is 6.74. The number of amides is 1. The molecule has 0 spiro atoms. The molecule has 2 fully saturated rings. The van der Waals surface area contributed by atoms with Gasteiger partial charge in [-0.15, -0.1) is 0 Å². The highest BCUT2D eigenvalue weighted by Crippen LogP contribution is 2.19. The lowest BCUT2D eigenvalue weighted by molar-refractivity contribution is -0.128. The fourth-order valence-corrected chi connectivity index (χ4v) is 3.99. The van der Waals surface area contributed by atoms with Crippen LogP contribution >= 0.6 is 0 Å². The third-order valence-electron chi connectivity index (χ3n) is 5.89. The van der Waals surface area contributed by atoms with Crippen molar-refractivity contribution in [1.82, 2.24) is 15.1 Å². The third-order valence-corrected chi connectivity index (χ3v) is 5.89. The molecule has 0 atom stereocenters. The fraction of sp³-hybridized carbons (Fsp3) is 0.652. The summed E-state index contributed by atoms with van der Waals surface area (Å²) in [5.74, 6) is 2.01. The number of hydrogen-bond acceptors (Lipinski definition) is 3. The maximum Gasteiger partial charge on any atom is 0.222 e. The van der Waals surface area contributed by atoms with Crippen molar-refractivity contribution in [1.29, 1.82) is 0 Å². The zero-order valence-electron chi connectivity index (χ0n) is 18.0. The Bertz CT molecular complexity index is 668. The van der Waals surface area contributed by atoms with Gasteiger partial charge in [0.25, 0.3) is 0 Å². The Morgan fingerprint density at radius 3 is 2.62 bits per heavy atom. The van der Waals surface area contributed by atoms with Crippen LogP contribution < -0.4 is 5.32 Å². The lowest BCUT2D eigenvalue weighted by Gasteiger charge is -2.26. The van der Waals surface area contributed by atoms with Crippen LogP contribution in [0.3, 0.4) is 0 Å². The van der Waals surface area contributed by atoms with Gasteiger partial charge in [0.05, 0.1) is 6.54 Å². The summed E-state index contributed by atoms with van der Waals surface area (Å²) in [5.41, 5.74) is 2.38. The molecule has 2 saturated heterocycles. The minimum atomic E-state index is 0.276. The van der Waals surface area contributed by atoms with Gasteiger partial charge in [-0.05, 0) is 49.7 Å². The van der Waals surface area contributed by atoms with E-state index in [1.54, 1.807) is 0 Å². The van der Waals surface area contributed by atoms with E-state index >= 15 is 0 Å². The number of carbonyl (C=O) groups is 1. The molecule has 0 aliphatic carbocycles. The van der Waals surface area contributed by atoms with Crippen molar-refractivity contribution in [2.75, 3.05) is 39.9 Å². The van der Waals surface area contributed by atoms with Crippen LogP contribution in [0.2, 0.25) is 0 Å². The Labute approximate surface area is 175 Å². The maximum atomic E-state index is 11.8. The average Bonchev–Trinajstić information content (AvgIpc) is 3.15. The molecule has 1 N–H and O–H groups in total. The second kappa shape index (κ2) is 11.2. The molecule has 0 aromatic heterocycles. The molecule has 1 aromatic carbocycles. The summed E-state index contributed by atoms with van der Waals surface area (Å²) in [6, 6.07) is 8.51. The molecule has 3 rings (SSSR count). The molecular weight excluding hydrogens is 364 g/mol. The minimum absolute atomic E-state index is 0.276. The van der Waals surface area contributed by atoms with E-state index in [4.69, 9.17) is 9.73 Å². The van der Waals surface area contributed by atoms with Gasteiger partial charge in [0.1, 0.15) is 0 Å². The number of hydrogen-bond donors (Lipinski definition) is 1. The van der Waals surface area contributed by atoms with E-state index in [1.165, 1.54) is 30.4 Å². The van der Waals surface area contributed by atoms with E-state index in [0.717, 1.165) is 57.7 Å². The number of benzene rings is 1. The van der Waals surface area contributed by atoms with Crippen LogP contribution in [0.1, 0.15) is 50.2 Å². The second-order valence-corrected chi connectivity index (χ2v) is 8.17. The molecule has 2 aliphatic heterocycles. The summed E-state index contributed by atoms with van der Waals surface area (Å²) in [6.07, 6.45) is 5.23. The van der Waals surface area contributed by atoms with Gasteiger partial charge in [-0.1, -0.05) is 24.3 Å². The van der Waals surface area contributed by atoms with Crippen LogP contribution in [0.15, 0.2) is 29.3 Å². The van der Waals surface area contributed by atoms with E-state index in [0.29, 0.717) is 13.0 Å². The molecule has 1 aromatic rings. The SMILES string of the molecule is CCNC(=NCc1ccc(CN2CCCC2=O)cc1)N(C)CCC1CCOCC1. The highest BCUT2D eigenvalue weighted by Gasteiger charge is 2.20. The zero-order valence-corrected chi connectivity index (χ0v) is 18.0. The standard InChI is InChI=1S/C23H36N4O2/c1-3-24-23(26(2)14-10-19-11-15-29-16-12-19)25-17-20-6-8-21(9-7-20)18-27-13-4-5-22(27)28/h6-9,19H,3-5,10-18H2,1-2H3,(H,24,25). The molecular formula is C23H36N4O2. The highest BCUT2D eigenvalue weighted by molar-refractivity contribution is 5.79. The second-order valence-electron chi connectivity index (χ2n) is 8.17. The van der Waals surface area contributed by atoms with Crippen molar-refractivity contribution in [3.05, 3.63) is 35.4 Å². The van der Waals surface area contributed by atoms with Gasteiger partial charge in [0, 0.05) is 52.9 Å². The van der Waals surface area contributed by atoms with Crippen LogP contribution in [0, 0.1) is 5.92 Å². The topological polar surface area (TPSA) is 57.2 Å². The Morgan fingerprint density at radius 2 is 1.97 bits per heavy atom. The summed E-state index contributed by atoms with van der Waals surface area (Å²) >= 11 is 0. The van der Waals surface area contributed by atoms with Crippen LogP contribution in [0.25, 0.3) is 0 Å². The summed E-state index contributed by atoms with van der Waals surface area (Å²) in [5, 5.41) is 3.41. The minimum Gasteiger partial charge on any atom is -0.381 e. The number of rotatable bonds is 8.